The number of likely N-dealkylation sites (tertiary alicyclic amines) is 1. The van der Waals surface area contributed by atoms with E-state index in [1.165, 1.54) is 11.1 Å². The Morgan fingerprint density at radius 2 is 1.95 bits per heavy atom. The second-order valence-corrected chi connectivity index (χ2v) is 10.2. The number of nitrogens with one attached hydrogen (secondary N) is 1. The highest BCUT2D eigenvalue weighted by atomic mass is 16.2. The van der Waals surface area contributed by atoms with Gasteiger partial charge in [-0.05, 0) is 98.1 Å². The van der Waals surface area contributed by atoms with Gasteiger partial charge in [-0.1, -0.05) is 24.3 Å². The van der Waals surface area contributed by atoms with Crippen LogP contribution in [0.25, 0.3) is 5.57 Å². The molecule has 202 valence electrons. The minimum Gasteiger partial charge on any atom is -0.338 e. The molecule has 4 rings (SSSR count). The fourth-order valence-electron chi connectivity index (χ4n) is 5.20. The smallest absolute Gasteiger partial charge is 0.257 e. The maximum absolute atomic E-state index is 13.4. The number of rotatable bonds is 8. The molecular formula is C32H37N5O2. The molecule has 3 N–H and O–H groups in total. The molecule has 0 radical (unpaired) electrons. The molecule has 2 unspecified atom stereocenters. The van der Waals surface area contributed by atoms with Crippen LogP contribution in [0.5, 0.6) is 0 Å². The summed E-state index contributed by atoms with van der Waals surface area (Å²) in [5.74, 6) is 0.691. The van der Waals surface area contributed by atoms with Gasteiger partial charge < -0.3 is 16.0 Å². The second kappa shape index (κ2) is 13.1. The lowest BCUT2D eigenvalue weighted by Crippen LogP contribution is -2.29. The SMILES string of the molecule is C\C=C(/C=C\C(\C=C(\C)C(=O)N1CC2C=C(c3ccncc3)CCC2C1)=C/CN)NC(=O)c1cncc(C)c1. The van der Waals surface area contributed by atoms with E-state index in [0.717, 1.165) is 37.1 Å². The number of aryl methyl sites for hydroxylation is 1. The molecule has 2 amide bonds. The maximum atomic E-state index is 13.4. The van der Waals surface area contributed by atoms with Crippen molar-refractivity contribution >= 4 is 17.4 Å². The van der Waals surface area contributed by atoms with Crippen LogP contribution in [0.15, 0.2) is 96.3 Å². The Morgan fingerprint density at radius 3 is 2.67 bits per heavy atom. The van der Waals surface area contributed by atoms with E-state index in [0.29, 0.717) is 35.2 Å². The lowest BCUT2D eigenvalue weighted by atomic mass is 9.81. The van der Waals surface area contributed by atoms with E-state index >= 15 is 0 Å². The second-order valence-electron chi connectivity index (χ2n) is 10.2. The first-order valence-corrected chi connectivity index (χ1v) is 13.4. The summed E-state index contributed by atoms with van der Waals surface area (Å²) in [6, 6.07) is 5.90. The predicted molar refractivity (Wildman–Crippen MR) is 155 cm³/mol. The largest absolute Gasteiger partial charge is 0.338 e. The van der Waals surface area contributed by atoms with Crippen molar-refractivity contribution in [2.45, 2.75) is 33.6 Å². The normalized spacial score (nSPS) is 20.2. The van der Waals surface area contributed by atoms with E-state index < -0.39 is 0 Å². The Bertz CT molecular complexity index is 1350. The van der Waals surface area contributed by atoms with Gasteiger partial charge in [0.15, 0.2) is 0 Å². The van der Waals surface area contributed by atoms with Gasteiger partial charge in [-0.15, -0.1) is 0 Å². The number of nitrogens with two attached hydrogens (primary N) is 1. The minimum absolute atomic E-state index is 0.0473. The Labute approximate surface area is 230 Å². The number of carbonyl (C=O) groups excluding carboxylic acids is 2. The van der Waals surface area contributed by atoms with Crippen molar-refractivity contribution < 1.29 is 9.59 Å². The zero-order chi connectivity index (χ0) is 27.8. The summed E-state index contributed by atoms with van der Waals surface area (Å²) in [4.78, 5) is 36.2. The van der Waals surface area contributed by atoms with Crippen LogP contribution in [-0.4, -0.2) is 46.3 Å². The number of amides is 2. The van der Waals surface area contributed by atoms with Crippen LogP contribution in [0.2, 0.25) is 0 Å². The van der Waals surface area contributed by atoms with Crippen LogP contribution >= 0.6 is 0 Å². The molecule has 39 heavy (non-hydrogen) atoms. The van der Waals surface area contributed by atoms with Crippen LogP contribution in [0.1, 0.15) is 48.2 Å². The quantitative estimate of drug-likeness (QED) is 0.384. The average Bonchev–Trinajstić information content (AvgIpc) is 3.38. The van der Waals surface area contributed by atoms with Crippen LogP contribution in [-0.2, 0) is 4.79 Å². The number of allylic oxidation sites excluding steroid dienone is 6. The summed E-state index contributed by atoms with van der Waals surface area (Å²) in [5.41, 5.74) is 11.9. The highest BCUT2D eigenvalue weighted by Crippen LogP contribution is 2.38. The standard InChI is InChI=1S/C32H37N5O2/c1-4-30(36-31(38)28-15-22(2)18-35-19-28)8-5-24(9-12-33)16-23(3)32(39)37-20-27-7-6-26(17-29(27)21-37)25-10-13-34-14-11-25/h4-5,8-11,13-19,27,29H,6-7,12,20-21,33H2,1-3H3,(H,36,38)/b8-5-,23-16-,24-9+,30-4+. The average molecular weight is 524 g/mol. The van der Waals surface area contributed by atoms with Crippen molar-refractivity contribution in [3.63, 3.8) is 0 Å². The van der Waals surface area contributed by atoms with Crippen molar-refractivity contribution in [3.8, 4) is 0 Å². The molecule has 1 aliphatic heterocycles. The number of carbonyl (C=O) groups is 2. The molecule has 0 aromatic carbocycles. The van der Waals surface area contributed by atoms with Gasteiger partial charge in [0.05, 0.1) is 5.56 Å². The number of nitrogens with zero attached hydrogens (tertiary/aromatic N) is 3. The van der Waals surface area contributed by atoms with Crippen molar-refractivity contribution in [3.05, 3.63) is 113 Å². The highest BCUT2D eigenvalue weighted by molar-refractivity contribution is 5.95. The fraction of sp³-hybridized carbons (Fsp3) is 0.312. The number of aromatic nitrogens is 2. The Hall–Kier alpha value is -4.10. The van der Waals surface area contributed by atoms with Gasteiger partial charge in [-0.2, -0.15) is 0 Å². The maximum Gasteiger partial charge on any atom is 0.257 e. The summed E-state index contributed by atoms with van der Waals surface area (Å²) >= 11 is 0. The zero-order valence-electron chi connectivity index (χ0n) is 22.9. The van der Waals surface area contributed by atoms with Crippen LogP contribution in [0.3, 0.4) is 0 Å². The third-order valence-corrected chi connectivity index (χ3v) is 7.27. The Balaban J connectivity index is 1.41. The molecule has 3 heterocycles. The molecule has 2 atom stereocenters. The molecule has 2 aliphatic rings. The molecule has 7 nitrogen and oxygen atoms in total. The van der Waals surface area contributed by atoms with Gasteiger partial charge in [0.1, 0.15) is 0 Å². The molecule has 1 aliphatic carbocycles. The molecule has 1 fully saturated rings. The van der Waals surface area contributed by atoms with E-state index in [1.807, 2.05) is 68.4 Å². The van der Waals surface area contributed by atoms with E-state index in [1.54, 1.807) is 18.5 Å². The van der Waals surface area contributed by atoms with Gasteiger partial charge in [0.25, 0.3) is 5.91 Å². The minimum atomic E-state index is -0.230. The van der Waals surface area contributed by atoms with E-state index in [2.05, 4.69) is 33.5 Å². The third kappa shape index (κ3) is 7.27. The number of hydrogen-bond donors (Lipinski definition) is 2. The van der Waals surface area contributed by atoms with Gasteiger partial charge in [-0.25, -0.2) is 0 Å². The lowest BCUT2D eigenvalue weighted by Gasteiger charge is -2.23. The molecule has 2 aromatic rings. The first-order chi connectivity index (χ1) is 18.9. The Kier molecular flexibility index (Phi) is 9.39. The van der Waals surface area contributed by atoms with Gasteiger partial charge >= 0.3 is 0 Å². The number of pyridine rings is 2. The highest BCUT2D eigenvalue weighted by Gasteiger charge is 2.36. The van der Waals surface area contributed by atoms with Crippen LogP contribution in [0, 0.1) is 18.8 Å². The van der Waals surface area contributed by atoms with E-state index in [-0.39, 0.29) is 11.8 Å². The first-order valence-electron chi connectivity index (χ1n) is 13.4. The van der Waals surface area contributed by atoms with E-state index in [4.69, 9.17) is 5.73 Å². The molecule has 7 heteroatoms. The molecule has 0 bridgehead atoms. The third-order valence-electron chi connectivity index (χ3n) is 7.27. The monoisotopic (exact) mass is 523 g/mol. The molecule has 0 saturated carbocycles. The fourth-order valence-corrected chi connectivity index (χ4v) is 5.20. The van der Waals surface area contributed by atoms with Crippen molar-refractivity contribution in [2.24, 2.45) is 17.6 Å². The molecule has 0 spiro atoms. The molecular weight excluding hydrogens is 486 g/mol. The van der Waals surface area contributed by atoms with Crippen LogP contribution < -0.4 is 11.1 Å². The number of hydrogen-bond acceptors (Lipinski definition) is 5. The summed E-state index contributed by atoms with van der Waals surface area (Å²) in [6.45, 7) is 7.45. The Morgan fingerprint density at radius 1 is 1.15 bits per heavy atom. The molecule has 1 saturated heterocycles. The first kappa shape index (κ1) is 27.9. The lowest BCUT2D eigenvalue weighted by molar-refractivity contribution is -0.126. The van der Waals surface area contributed by atoms with Gasteiger partial charge in [-0.3, -0.25) is 19.6 Å². The number of fused-ring (bicyclic) bond motifs is 1. The molecule has 2 aromatic heterocycles. The van der Waals surface area contributed by atoms with Crippen LogP contribution in [0.4, 0.5) is 0 Å². The van der Waals surface area contributed by atoms with Crippen molar-refractivity contribution in [1.29, 1.82) is 0 Å². The summed E-state index contributed by atoms with van der Waals surface area (Å²) in [7, 11) is 0. The van der Waals surface area contributed by atoms with Gasteiger partial charge in [0, 0.05) is 55.7 Å². The van der Waals surface area contributed by atoms with Gasteiger partial charge in [0.2, 0.25) is 5.91 Å². The van der Waals surface area contributed by atoms with E-state index in [9.17, 15) is 9.59 Å². The van der Waals surface area contributed by atoms with Crippen molar-refractivity contribution in [1.82, 2.24) is 20.2 Å². The van der Waals surface area contributed by atoms with Crippen molar-refractivity contribution in [2.75, 3.05) is 19.6 Å². The summed E-state index contributed by atoms with van der Waals surface area (Å²) in [6.07, 6.45) is 20.6. The summed E-state index contributed by atoms with van der Waals surface area (Å²) < 4.78 is 0. The topological polar surface area (TPSA) is 101 Å². The predicted octanol–water partition coefficient (Wildman–Crippen LogP) is 4.76. The summed E-state index contributed by atoms with van der Waals surface area (Å²) in [5, 5.41) is 2.90. The zero-order valence-corrected chi connectivity index (χ0v) is 22.9.